The highest BCUT2D eigenvalue weighted by Crippen LogP contribution is 2.16. The summed E-state index contributed by atoms with van der Waals surface area (Å²) in [6.45, 7) is 4.44. The Morgan fingerprint density at radius 1 is 1.53 bits per heavy atom. The fourth-order valence-corrected chi connectivity index (χ4v) is 2.42. The van der Waals surface area contributed by atoms with Crippen LogP contribution in [-0.4, -0.2) is 21.3 Å². The van der Waals surface area contributed by atoms with E-state index < -0.39 is 0 Å². The second-order valence-electron chi connectivity index (χ2n) is 4.37. The highest BCUT2D eigenvalue weighted by Gasteiger charge is 2.10. The van der Waals surface area contributed by atoms with E-state index in [1.54, 1.807) is 23.0 Å². The quantitative estimate of drug-likeness (QED) is 0.922. The molecule has 5 nitrogen and oxygen atoms in total. The molecule has 0 bridgehead atoms. The van der Waals surface area contributed by atoms with Gasteiger partial charge in [-0.3, -0.25) is 4.79 Å². The molecule has 0 aliphatic rings. The lowest BCUT2D eigenvalue weighted by molar-refractivity contribution is 0.503. The Bertz CT molecular complexity index is 594. The third-order valence-electron chi connectivity index (χ3n) is 2.61. The predicted octanol–water partition coefficient (Wildman–Crippen LogP) is 2.59. The summed E-state index contributed by atoms with van der Waals surface area (Å²) in [5, 5.41) is 9.39. The first-order chi connectivity index (χ1) is 9.09. The summed E-state index contributed by atoms with van der Waals surface area (Å²) >= 11 is 7.62. The summed E-state index contributed by atoms with van der Waals surface area (Å²) in [6, 6.07) is -0.00550. The van der Waals surface area contributed by atoms with Gasteiger partial charge in [0, 0.05) is 18.3 Å². The number of anilines is 1. The van der Waals surface area contributed by atoms with E-state index in [-0.39, 0.29) is 16.6 Å². The first-order valence-corrected chi connectivity index (χ1v) is 7.30. The van der Waals surface area contributed by atoms with Crippen molar-refractivity contribution in [2.75, 3.05) is 11.9 Å². The molecule has 2 aromatic heterocycles. The van der Waals surface area contributed by atoms with Crippen LogP contribution in [0.1, 0.15) is 25.6 Å². The molecule has 0 radical (unpaired) electrons. The molecule has 0 saturated carbocycles. The van der Waals surface area contributed by atoms with E-state index in [1.165, 1.54) is 4.68 Å². The fourth-order valence-electron chi connectivity index (χ4n) is 1.62. The third kappa shape index (κ3) is 3.33. The lowest BCUT2D eigenvalue weighted by Gasteiger charge is -2.11. The molecule has 1 N–H and O–H groups in total. The van der Waals surface area contributed by atoms with E-state index >= 15 is 0 Å². The number of rotatable bonds is 5. The molecular weight excluding hydrogens is 284 g/mol. The zero-order valence-corrected chi connectivity index (χ0v) is 12.3. The van der Waals surface area contributed by atoms with Gasteiger partial charge in [0.2, 0.25) is 0 Å². The number of hydrogen-bond acceptors (Lipinski definition) is 5. The Kier molecular flexibility index (Phi) is 4.55. The van der Waals surface area contributed by atoms with Crippen molar-refractivity contribution in [2.24, 2.45) is 0 Å². The molecule has 19 heavy (non-hydrogen) atoms. The number of hydrogen-bond donors (Lipinski definition) is 1. The Labute approximate surface area is 120 Å². The van der Waals surface area contributed by atoms with Gasteiger partial charge in [0.1, 0.15) is 5.02 Å². The average Bonchev–Trinajstić information content (AvgIpc) is 2.87. The van der Waals surface area contributed by atoms with Crippen LogP contribution in [-0.2, 0) is 6.42 Å². The van der Waals surface area contributed by atoms with E-state index in [0.717, 1.165) is 12.1 Å². The smallest absolute Gasteiger partial charge is 0.287 e. The first kappa shape index (κ1) is 14.0. The van der Waals surface area contributed by atoms with Gasteiger partial charge < -0.3 is 5.32 Å². The minimum atomic E-state index is -0.268. The van der Waals surface area contributed by atoms with E-state index in [2.05, 4.69) is 15.4 Å². The largest absolute Gasteiger partial charge is 0.382 e. The van der Waals surface area contributed by atoms with E-state index in [0.29, 0.717) is 12.2 Å². The topological polar surface area (TPSA) is 59.8 Å². The summed E-state index contributed by atoms with van der Waals surface area (Å²) in [5.41, 5.74) is 3.12. The third-order valence-corrected chi connectivity index (χ3v) is 3.61. The Balaban J connectivity index is 2.05. The second kappa shape index (κ2) is 6.16. The van der Waals surface area contributed by atoms with Crippen LogP contribution in [0.4, 0.5) is 5.69 Å². The van der Waals surface area contributed by atoms with Crippen molar-refractivity contribution >= 4 is 28.6 Å². The number of nitrogens with zero attached hydrogens (tertiary/aromatic N) is 3. The minimum Gasteiger partial charge on any atom is -0.382 e. The van der Waals surface area contributed by atoms with Gasteiger partial charge in [0.25, 0.3) is 5.56 Å². The van der Waals surface area contributed by atoms with Crippen molar-refractivity contribution < 1.29 is 0 Å². The van der Waals surface area contributed by atoms with Gasteiger partial charge in [0.05, 0.1) is 29.1 Å². The highest BCUT2D eigenvalue weighted by atomic mass is 35.5. The number of nitrogens with one attached hydrogen (secondary N) is 1. The molecule has 0 spiro atoms. The van der Waals surface area contributed by atoms with Crippen molar-refractivity contribution in [3.05, 3.63) is 38.2 Å². The van der Waals surface area contributed by atoms with E-state index in [4.69, 9.17) is 11.6 Å². The van der Waals surface area contributed by atoms with E-state index in [9.17, 15) is 4.79 Å². The van der Waals surface area contributed by atoms with Gasteiger partial charge in [-0.15, -0.1) is 11.3 Å². The molecule has 0 atom stereocenters. The first-order valence-electron chi connectivity index (χ1n) is 5.98. The Morgan fingerprint density at radius 2 is 2.32 bits per heavy atom. The minimum absolute atomic E-state index is 0.00550. The molecule has 102 valence electrons. The van der Waals surface area contributed by atoms with Crippen LogP contribution in [0.3, 0.4) is 0 Å². The SMILES string of the molecule is CC(C)n1ncc(NCCc2cscn2)c(Cl)c1=O. The molecule has 2 aromatic rings. The van der Waals surface area contributed by atoms with Gasteiger partial charge in [-0.1, -0.05) is 11.6 Å². The molecule has 7 heteroatoms. The van der Waals surface area contributed by atoms with Crippen molar-refractivity contribution in [1.29, 1.82) is 0 Å². The van der Waals surface area contributed by atoms with Crippen LogP contribution < -0.4 is 10.9 Å². The summed E-state index contributed by atoms with van der Waals surface area (Å²) in [6.07, 6.45) is 2.37. The average molecular weight is 299 g/mol. The molecule has 0 aliphatic carbocycles. The molecular formula is C12H15ClN4OS. The summed E-state index contributed by atoms with van der Waals surface area (Å²) in [5.74, 6) is 0. The molecule has 0 unspecified atom stereocenters. The number of thiazole rings is 1. The second-order valence-corrected chi connectivity index (χ2v) is 5.47. The normalized spacial score (nSPS) is 10.9. The van der Waals surface area contributed by atoms with Crippen molar-refractivity contribution in [3.63, 3.8) is 0 Å². The van der Waals surface area contributed by atoms with Gasteiger partial charge >= 0.3 is 0 Å². The van der Waals surface area contributed by atoms with E-state index in [1.807, 2.05) is 19.2 Å². The zero-order valence-electron chi connectivity index (χ0n) is 10.8. The Hall–Kier alpha value is -1.40. The molecule has 0 saturated heterocycles. The summed E-state index contributed by atoms with van der Waals surface area (Å²) in [7, 11) is 0. The fraction of sp³-hybridized carbons (Fsp3) is 0.417. The van der Waals surface area contributed by atoms with Crippen LogP contribution in [0.25, 0.3) is 0 Å². The molecule has 2 heterocycles. The van der Waals surface area contributed by atoms with Crippen molar-refractivity contribution in [1.82, 2.24) is 14.8 Å². The van der Waals surface area contributed by atoms with Gasteiger partial charge in [0.15, 0.2) is 0 Å². The molecule has 0 amide bonds. The van der Waals surface area contributed by atoms with Crippen LogP contribution in [0.5, 0.6) is 0 Å². The Morgan fingerprint density at radius 3 is 2.95 bits per heavy atom. The van der Waals surface area contributed by atoms with Gasteiger partial charge in [-0.25, -0.2) is 9.67 Å². The van der Waals surface area contributed by atoms with Gasteiger partial charge in [-0.2, -0.15) is 5.10 Å². The maximum atomic E-state index is 11.9. The van der Waals surface area contributed by atoms with Crippen molar-refractivity contribution in [2.45, 2.75) is 26.3 Å². The summed E-state index contributed by atoms with van der Waals surface area (Å²) in [4.78, 5) is 16.1. The van der Waals surface area contributed by atoms with Crippen molar-refractivity contribution in [3.8, 4) is 0 Å². The summed E-state index contributed by atoms with van der Waals surface area (Å²) < 4.78 is 1.37. The maximum Gasteiger partial charge on any atom is 0.287 e. The predicted molar refractivity (Wildman–Crippen MR) is 78.2 cm³/mol. The molecule has 0 fully saturated rings. The lowest BCUT2D eigenvalue weighted by Crippen LogP contribution is -2.26. The van der Waals surface area contributed by atoms with Gasteiger partial charge in [-0.05, 0) is 13.8 Å². The lowest BCUT2D eigenvalue weighted by atomic mass is 10.3. The van der Waals surface area contributed by atoms with Crippen LogP contribution >= 0.6 is 22.9 Å². The molecule has 2 rings (SSSR count). The standard InChI is InChI=1S/C12H15ClN4OS/c1-8(2)17-12(18)11(13)10(5-16-17)14-4-3-9-6-19-7-15-9/h5-8,14H,3-4H2,1-2H3. The highest BCUT2D eigenvalue weighted by molar-refractivity contribution is 7.07. The maximum absolute atomic E-state index is 11.9. The number of aromatic nitrogens is 3. The zero-order chi connectivity index (χ0) is 13.8. The van der Waals surface area contributed by atoms with Crippen LogP contribution in [0.15, 0.2) is 21.9 Å². The number of halogens is 1. The van der Waals surface area contributed by atoms with Crippen LogP contribution in [0, 0.1) is 0 Å². The monoisotopic (exact) mass is 298 g/mol. The molecule has 0 aromatic carbocycles. The van der Waals surface area contributed by atoms with Crippen LogP contribution in [0.2, 0.25) is 5.02 Å². The molecule has 0 aliphatic heterocycles.